The molecule has 4 heterocycles. The minimum atomic E-state index is -0.350. The summed E-state index contributed by atoms with van der Waals surface area (Å²) in [7, 11) is 1.59. The maximum atomic E-state index is 12.3. The van der Waals surface area contributed by atoms with Gasteiger partial charge in [0.15, 0.2) is 0 Å². The zero-order chi connectivity index (χ0) is 29.1. The summed E-state index contributed by atoms with van der Waals surface area (Å²) in [5.74, 6) is 1.06. The van der Waals surface area contributed by atoms with E-state index in [1.54, 1.807) is 30.6 Å². The Morgan fingerprint density at radius 1 is 1.17 bits per heavy atom. The molecule has 1 aliphatic rings. The number of aromatic nitrogens is 3. The first-order valence-electron chi connectivity index (χ1n) is 13.7. The van der Waals surface area contributed by atoms with Crippen LogP contribution < -0.4 is 20.1 Å². The Bertz CT molecular complexity index is 1760. The van der Waals surface area contributed by atoms with Crippen molar-refractivity contribution in [1.29, 1.82) is 0 Å². The van der Waals surface area contributed by atoms with Crippen LogP contribution in [0.5, 0.6) is 11.5 Å². The molecule has 1 amide bonds. The van der Waals surface area contributed by atoms with Gasteiger partial charge in [0.05, 0.1) is 47.6 Å². The lowest BCUT2D eigenvalue weighted by Gasteiger charge is -2.26. The molecule has 1 saturated heterocycles. The Morgan fingerprint density at radius 3 is 2.81 bits per heavy atom. The third-order valence-electron chi connectivity index (χ3n) is 7.19. The highest BCUT2D eigenvalue weighted by Gasteiger charge is 2.20. The number of amides is 1. The van der Waals surface area contributed by atoms with Gasteiger partial charge in [-0.1, -0.05) is 24.8 Å². The number of nitrogens with zero attached hydrogens (tertiary/aromatic N) is 3. The number of benzene rings is 2. The highest BCUT2D eigenvalue weighted by molar-refractivity contribution is 7.17. The molecule has 216 valence electrons. The van der Waals surface area contributed by atoms with Crippen LogP contribution in [0.1, 0.15) is 5.69 Å². The van der Waals surface area contributed by atoms with Crippen LogP contribution in [0.3, 0.4) is 0 Å². The molecule has 0 radical (unpaired) electrons. The summed E-state index contributed by atoms with van der Waals surface area (Å²) >= 11 is 1.61. The standard InChI is InChI=1S/C31H32N6O4S/c1-4-27(38)33-24-17-23(25(39-3)18-26(24)41-15-12-37-10-13-40-14-11-37)35-31-34-22-9-16-42-30(22)29(36-31)28-19(2)32-21-8-6-5-7-20(21)28/h4-9,16-18,32H,1,10-15H2,2-3H3,(H,33,38)(H,34,35,36). The van der Waals surface area contributed by atoms with Gasteiger partial charge in [0, 0.05) is 47.9 Å². The number of morpholine rings is 1. The number of aryl methyl sites for hydroxylation is 1. The first-order valence-corrected chi connectivity index (χ1v) is 14.6. The van der Waals surface area contributed by atoms with Crippen LogP contribution in [-0.2, 0) is 9.53 Å². The number of ether oxygens (including phenoxy) is 3. The molecule has 42 heavy (non-hydrogen) atoms. The first-order chi connectivity index (χ1) is 20.5. The van der Waals surface area contributed by atoms with Crippen molar-refractivity contribution in [3.8, 4) is 22.8 Å². The first kappa shape index (κ1) is 27.7. The summed E-state index contributed by atoms with van der Waals surface area (Å²) in [6, 6.07) is 13.7. The number of anilines is 3. The van der Waals surface area contributed by atoms with E-state index in [-0.39, 0.29) is 5.91 Å². The number of carbonyl (C=O) groups excluding carboxylic acids is 1. The number of aromatic amines is 1. The summed E-state index contributed by atoms with van der Waals surface area (Å²) in [5, 5.41) is 9.31. The fourth-order valence-corrected chi connectivity index (χ4v) is 5.96. The molecule has 0 atom stereocenters. The summed E-state index contributed by atoms with van der Waals surface area (Å²) in [6.07, 6.45) is 1.22. The maximum absolute atomic E-state index is 12.3. The minimum Gasteiger partial charge on any atom is -0.494 e. The lowest BCUT2D eigenvalue weighted by Crippen LogP contribution is -2.38. The molecule has 0 aliphatic carbocycles. The molecule has 3 N–H and O–H groups in total. The molecule has 1 fully saturated rings. The van der Waals surface area contributed by atoms with Gasteiger partial charge < -0.3 is 29.8 Å². The molecular weight excluding hydrogens is 552 g/mol. The predicted molar refractivity (Wildman–Crippen MR) is 167 cm³/mol. The van der Waals surface area contributed by atoms with Gasteiger partial charge in [-0.15, -0.1) is 11.3 Å². The number of para-hydroxylation sites is 1. The SMILES string of the molecule is C=CC(=O)Nc1cc(Nc2nc(-c3c(C)[nH]c4ccccc34)c3sccc3n2)c(OC)cc1OCCN1CCOCC1. The number of fused-ring (bicyclic) bond motifs is 2. The quantitative estimate of drug-likeness (QED) is 0.178. The van der Waals surface area contributed by atoms with Crippen LogP contribution >= 0.6 is 11.3 Å². The Hall–Kier alpha value is -4.45. The van der Waals surface area contributed by atoms with Crippen LogP contribution in [0, 0.1) is 6.92 Å². The van der Waals surface area contributed by atoms with Gasteiger partial charge in [0.2, 0.25) is 11.9 Å². The van der Waals surface area contributed by atoms with Crippen LogP contribution in [0.4, 0.5) is 17.3 Å². The second-order valence-corrected chi connectivity index (χ2v) is 10.8. The van der Waals surface area contributed by atoms with E-state index < -0.39 is 0 Å². The van der Waals surface area contributed by atoms with Crippen LogP contribution in [0.2, 0.25) is 0 Å². The van der Waals surface area contributed by atoms with E-state index in [0.717, 1.165) is 70.9 Å². The van der Waals surface area contributed by atoms with E-state index in [1.165, 1.54) is 6.08 Å². The molecule has 5 aromatic rings. The Kier molecular flexibility index (Phi) is 8.04. The monoisotopic (exact) mass is 584 g/mol. The van der Waals surface area contributed by atoms with Gasteiger partial charge in [-0.05, 0) is 36.6 Å². The van der Waals surface area contributed by atoms with Gasteiger partial charge >= 0.3 is 0 Å². The minimum absolute atomic E-state index is 0.350. The highest BCUT2D eigenvalue weighted by Crippen LogP contribution is 2.40. The molecule has 0 unspecified atom stereocenters. The molecule has 10 nitrogen and oxygen atoms in total. The number of nitrogens with one attached hydrogen (secondary N) is 3. The van der Waals surface area contributed by atoms with Crippen LogP contribution in [0.15, 0.2) is 60.5 Å². The van der Waals surface area contributed by atoms with Crippen molar-refractivity contribution in [3.05, 3.63) is 66.2 Å². The predicted octanol–water partition coefficient (Wildman–Crippen LogP) is 5.74. The Balaban J connectivity index is 1.35. The molecule has 1 aliphatic heterocycles. The summed E-state index contributed by atoms with van der Waals surface area (Å²) in [5.41, 5.74) is 5.85. The fraction of sp³-hybridized carbons (Fsp3) is 0.258. The second kappa shape index (κ2) is 12.2. The average Bonchev–Trinajstić information content (AvgIpc) is 3.61. The van der Waals surface area contributed by atoms with E-state index in [9.17, 15) is 4.79 Å². The van der Waals surface area contributed by atoms with Crippen molar-refractivity contribution >= 4 is 55.7 Å². The van der Waals surface area contributed by atoms with E-state index >= 15 is 0 Å². The number of hydrogen-bond acceptors (Lipinski definition) is 9. The molecule has 3 aromatic heterocycles. The molecule has 2 aromatic carbocycles. The fourth-order valence-electron chi connectivity index (χ4n) is 5.13. The normalized spacial score (nSPS) is 13.8. The van der Waals surface area contributed by atoms with E-state index in [0.29, 0.717) is 35.4 Å². The van der Waals surface area contributed by atoms with Gasteiger partial charge in [-0.3, -0.25) is 9.69 Å². The van der Waals surface area contributed by atoms with Crippen molar-refractivity contribution in [2.75, 3.05) is 57.2 Å². The second-order valence-electron chi connectivity index (χ2n) is 9.87. The average molecular weight is 585 g/mol. The molecule has 0 bridgehead atoms. The Labute approximate surface area is 247 Å². The molecular formula is C31H32N6O4S. The van der Waals surface area contributed by atoms with Crippen molar-refractivity contribution in [2.45, 2.75) is 6.92 Å². The number of rotatable bonds is 10. The zero-order valence-electron chi connectivity index (χ0n) is 23.5. The van der Waals surface area contributed by atoms with E-state index in [1.807, 2.05) is 23.6 Å². The van der Waals surface area contributed by atoms with E-state index in [4.69, 9.17) is 24.2 Å². The summed E-state index contributed by atoms with van der Waals surface area (Å²) < 4.78 is 18.3. The topological polar surface area (TPSA) is 114 Å². The number of H-pyrrole nitrogens is 1. The van der Waals surface area contributed by atoms with E-state index in [2.05, 4.69) is 46.2 Å². The lowest BCUT2D eigenvalue weighted by molar-refractivity contribution is -0.111. The number of thiophene rings is 1. The van der Waals surface area contributed by atoms with Crippen molar-refractivity contribution in [3.63, 3.8) is 0 Å². The van der Waals surface area contributed by atoms with Gasteiger partial charge in [0.1, 0.15) is 18.1 Å². The molecule has 0 saturated carbocycles. The molecule has 11 heteroatoms. The summed E-state index contributed by atoms with van der Waals surface area (Å²) in [4.78, 5) is 27.9. The van der Waals surface area contributed by atoms with Crippen molar-refractivity contribution < 1.29 is 19.0 Å². The zero-order valence-corrected chi connectivity index (χ0v) is 24.3. The highest BCUT2D eigenvalue weighted by atomic mass is 32.1. The maximum Gasteiger partial charge on any atom is 0.247 e. The Morgan fingerprint density at radius 2 is 2.00 bits per heavy atom. The van der Waals surface area contributed by atoms with Crippen molar-refractivity contribution in [1.82, 2.24) is 19.9 Å². The number of hydrogen-bond donors (Lipinski definition) is 3. The van der Waals surface area contributed by atoms with Crippen LogP contribution in [-0.4, -0.2) is 72.3 Å². The third-order valence-corrected chi connectivity index (χ3v) is 8.10. The van der Waals surface area contributed by atoms with Gasteiger partial charge in [-0.2, -0.15) is 0 Å². The van der Waals surface area contributed by atoms with Crippen molar-refractivity contribution in [2.24, 2.45) is 0 Å². The summed E-state index contributed by atoms with van der Waals surface area (Å²) in [6.45, 7) is 9.99. The van der Waals surface area contributed by atoms with Gasteiger partial charge in [0.25, 0.3) is 0 Å². The molecule has 0 spiro atoms. The van der Waals surface area contributed by atoms with Crippen LogP contribution in [0.25, 0.3) is 32.4 Å². The smallest absolute Gasteiger partial charge is 0.247 e. The van der Waals surface area contributed by atoms with Gasteiger partial charge in [-0.25, -0.2) is 9.97 Å². The third kappa shape index (κ3) is 5.67. The molecule has 6 rings (SSSR count). The largest absolute Gasteiger partial charge is 0.494 e. The number of methoxy groups -OCH3 is 1. The lowest BCUT2D eigenvalue weighted by atomic mass is 10.1. The number of carbonyl (C=O) groups is 1.